The first-order chi connectivity index (χ1) is 7.68. The van der Waals surface area contributed by atoms with Crippen LogP contribution in [-0.2, 0) is 0 Å². The number of nitrogen functional groups attached to an aromatic ring is 1. The van der Waals surface area contributed by atoms with Crippen LogP contribution in [0.1, 0.15) is 6.42 Å². The summed E-state index contributed by atoms with van der Waals surface area (Å²) in [5.41, 5.74) is 6.04. The molecule has 0 bridgehead atoms. The molecule has 0 spiro atoms. The molecule has 6 nitrogen and oxygen atoms in total. The Hall–Kier alpha value is -1.82. The van der Waals surface area contributed by atoms with Crippen LogP contribution in [0, 0.1) is 0 Å². The molecule has 0 aliphatic carbocycles. The van der Waals surface area contributed by atoms with E-state index in [4.69, 9.17) is 5.73 Å². The average Bonchev–Trinajstić information content (AvgIpc) is 2.74. The molecule has 2 rings (SSSR count). The van der Waals surface area contributed by atoms with Gasteiger partial charge < -0.3 is 16.2 Å². The molecular formula is C10H14N4O2. The number of hydrogen-bond donors (Lipinski definition) is 3. The van der Waals surface area contributed by atoms with Gasteiger partial charge in [0, 0.05) is 6.54 Å². The van der Waals surface area contributed by atoms with Gasteiger partial charge in [-0.2, -0.15) is 0 Å². The van der Waals surface area contributed by atoms with Crippen LogP contribution in [0.3, 0.4) is 0 Å². The number of nitrogens with one attached hydrogen (secondary N) is 1. The highest BCUT2D eigenvalue weighted by Crippen LogP contribution is 2.18. The Balaban J connectivity index is 2.24. The van der Waals surface area contributed by atoms with Gasteiger partial charge in [-0.1, -0.05) is 0 Å². The van der Waals surface area contributed by atoms with Crippen LogP contribution in [0.25, 0.3) is 0 Å². The number of pyridine rings is 1. The monoisotopic (exact) mass is 222 g/mol. The Morgan fingerprint density at radius 2 is 2.44 bits per heavy atom. The van der Waals surface area contributed by atoms with Crippen molar-refractivity contribution in [3.63, 3.8) is 0 Å². The number of carboxylic acid groups (broad SMARTS) is 1. The first-order valence-corrected chi connectivity index (χ1v) is 5.13. The molecule has 1 fully saturated rings. The smallest absolute Gasteiger partial charge is 0.413 e. The fourth-order valence-electron chi connectivity index (χ4n) is 1.84. The SMILES string of the molecule is Nc1ccc(N(C(=O)O)C2CCNC2)nc1. The zero-order valence-corrected chi connectivity index (χ0v) is 8.76. The summed E-state index contributed by atoms with van der Waals surface area (Å²) in [5.74, 6) is 0.426. The minimum absolute atomic E-state index is 0.0476. The molecule has 0 radical (unpaired) electrons. The van der Waals surface area contributed by atoms with E-state index >= 15 is 0 Å². The van der Waals surface area contributed by atoms with Gasteiger partial charge in [-0.3, -0.25) is 4.90 Å². The van der Waals surface area contributed by atoms with Gasteiger partial charge in [0.05, 0.1) is 17.9 Å². The summed E-state index contributed by atoms with van der Waals surface area (Å²) in [6.07, 6.45) is 1.29. The largest absolute Gasteiger partial charge is 0.465 e. The fraction of sp³-hybridized carbons (Fsp3) is 0.400. The van der Waals surface area contributed by atoms with Gasteiger partial charge >= 0.3 is 6.09 Å². The second-order valence-corrected chi connectivity index (χ2v) is 3.75. The molecule has 0 aromatic carbocycles. The van der Waals surface area contributed by atoms with Crippen molar-refractivity contribution in [2.75, 3.05) is 23.7 Å². The first-order valence-electron chi connectivity index (χ1n) is 5.13. The predicted octanol–water partition coefficient (Wildman–Crippen LogP) is 0.510. The molecule has 1 aromatic rings. The van der Waals surface area contributed by atoms with E-state index < -0.39 is 6.09 Å². The van der Waals surface area contributed by atoms with Gasteiger partial charge in [0.1, 0.15) is 5.82 Å². The molecule has 4 N–H and O–H groups in total. The maximum absolute atomic E-state index is 11.2. The summed E-state index contributed by atoms with van der Waals surface area (Å²) in [6, 6.07) is 3.23. The maximum atomic E-state index is 11.2. The highest BCUT2D eigenvalue weighted by molar-refractivity contribution is 5.85. The molecule has 1 atom stereocenters. The van der Waals surface area contributed by atoms with Crippen molar-refractivity contribution in [3.05, 3.63) is 18.3 Å². The standard InChI is InChI=1S/C10H14N4O2/c11-7-1-2-9(13-5-7)14(10(15)16)8-3-4-12-6-8/h1-2,5,8,12H,3-4,6,11H2,(H,15,16). The lowest BCUT2D eigenvalue weighted by atomic mass is 10.2. The van der Waals surface area contributed by atoms with Crippen LogP contribution < -0.4 is 16.0 Å². The minimum Gasteiger partial charge on any atom is -0.465 e. The number of anilines is 2. The lowest BCUT2D eigenvalue weighted by Gasteiger charge is -2.24. The maximum Gasteiger partial charge on any atom is 0.413 e. The van der Waals surface area contributed by atoms with Crippen LogP contribution in [0.2, 0.25) is 0 Å². The number of nitrogens with zero attached hydrogens (tertiary/aromatic N) is 2. The summed E-state index contributed by atoms with van der Waals surface area (Å²) >= 11 is 0. The minimum atomic E-state index is -0.981. The quantitative estimate of drug-likeness (QED) is 0.678. The summed E-state index contributed by atoms with van der Waals surface area (Å²) in [7, 11) is 0. The van der Waals surface area contributed by atoms with Crippen LogP contribution in [0.4, 0.5) is 16.3 Å². The van der Waals surface area contributed by atoms with Crippen molar-refractivity contribution in [1.82, 2.24) is 10.3 Å². The van der Waals surface area contributed by atoms with E-state index in [9.17, 15) is 9.90 Å². The van der Waals surface area contributed by atoms with Crippen LogP contribution >= 0.6 is 0 Å². The van der Waals surface area contributed by atoms with Crippen LogP contribution in [0.5, 0.6) is 0 Å². The van der Waals surface area contributed by atoms with Crippen molar-refractivity contribution in [2.45, 2.75) is 12.5 Å². The molecular weight excluding hydrogens is 208 g/mol. The first kappa shape index (κ1) is 10.7. The van der Waals surface area contributed by atoms with Gasteiger partial charge in [0.2, 0.25) is 0 Å². The van der Waals surface area contributed by atoms with Gasteiger partial charge in [0.15, 0.2) is 0 Å². The zero-order chi connectivity index (χ0) is 11.5. The molecule has 1 saturated heterocycles. The molecule has 1 unspecified atom stereocenters. The normalized spacial score (nSPS) is 19.6. The Morgan fingerprint density at radius 1 is 1.62 bits per heavy atom. The van der Waals surface area contributed by atoms with E-state index in [1.165, 1.54) is 11.1 Å². The molecule has 1 aliphatic heterocycles. The van der Waals surface area contributed by atoms with E-state index in [2.05, 4.69) is 10.3 Å². The Bertz CT molecular complexity index is 373. The second kappa shape index (κ2) is 4.36. The third kappa shape index (κ3) is 2.06. The fourth-order valence-corrected chi connectivity index (χ4v) is 1.84. The lowest BCUT2D eigenvalue weighted by molar-refractivity contribution is 0.199. The van der Waals surface area contributed by atoms with E-state index in [0.717, 1.165) is 13.0 Å². The summed E-state index contributed by atoms with van der Waals surface area (Å²) in [6.45, 7) is 1.50. The summed E-state index contributed by atoms with van der Waals surface area (Å²) < 4.78 is 0. The molecule has 1 aromatic heterocycles. The van der Waals surface area contributed by atoms with E-state index in [1.807, 2.05) is 0 Å². The Kier molecular flexibility index (Phi) is 2.91. The van der Waals surface area contributed by atoms with Gasteiger partial charge in [-0.05, 0) is 25.1 Å². The number of aromatic nitrogens is 1. The molecule has 1 aliphatic rings. The second-order valence-electron chi connectivity index (χ2n) is 3.75. The zero-order valence-electron chi connectivity index (χ0n) is 8.76. The Labute approximate surface area is 93.1 Å². The van der Waals surface area contributed by atoms with Crippen LogP contribution in [0.15, 0.2) is 18.3 Å². The molecule has 86 valence electrons. The van der Waals surface area contributed by atoms with Crippen molar-refractivity contribution in [3.8, 4) is 0 Å². The molecule has 6 heteroatoms. The Morgan fingerprint density at radius 3 is 2.94 bits per heavy atom. The number of hydrogen-bond acceptors (Lipinski definition) is 4. The number of nitrogens with two attached hydrogens (primary N) is 1. The number of carbonyl (C=O) groups is 1. The highest BCUT2D eigenvalue weighted by Gasteiger charge is 2.28. The molecule has 2 heterocycles. The van der Waals surface area contributed by atoms with Crippen molar-refractivity contribution in [1.29, 1.82) is 0 Å². The number of amides is 1. The van der Waals surface area contributed by atoms with E-state index in [0.29, 0.717) is 18.1 Å². The van der Waals surface area contributed by atoms with Crippen molar-refractivity contribution in [2.24, 2.45) is 0 Å². The highest BCUT2D eigenvalue weighted by atomic mass is 16.4. The van der Waals surface area contributed by atoms with Gasteiger partial charge in [0.25, 0.3) is 0 Å². The van der Waals surface area contributed by atoms with E-state index in [1.54, 1.807) is 12.1 Å². The van der Waals surface area contributed by atoms with E-state index in [-0.39, 0.29) is 6.04 Å². The lowest BCUT2D eigenvalue weighted by Crippen LogP contribution is -2.41. The topological polar surface area (TPSA) is 91.5 Å². The third-order valence-electron chi connectivity index (χ3n) is 2.62. The van der Waals surface area contributed by atoms with Crippen molar-refractivity contribution < 1.29 is 9.90 Å². The summed E-state index contributed by atoms with van der Waals surface area (Å²) in [5, 5.41) is 12.3. The van der Waals surface area contributed by atoms with Crippen LogP contribution in [-0.4, -0.2) is 35.3 Å². The molecule has 16 heavy (non-hydrogen) atoms. The summed E-state index contributed by atoms with van der Waals surface area (Å²) in [4.78, 5) is 16.5. The van der Waals surface area contributed by atoms with Gasteiger partial charge in [-0.15, -0.1) is 0 Å². The van der Waals surface area contributed by atoms with Gasteiger partial charge in [-0.25, -0.2) is 9.78 Å². The average molecular weight is 222 g/mol. The predicted molar refractivity (Wildman–Crippen MR) is 60.4 cm³/mol. The number of rotatable bonds is 2. The molecule has 0 saturated carbocycles. The van der Waals surface area contributed by atoms with Crippen molar-refractivity contribution >= 4 is 17.6 Å². The molecule has 1 amide bonds. The third-order valence-corrected chi connectivity index (χ3v) is 2.62.